The second-order valence-corrected chi connectivity index (χ2v) is 6.41. The van der Waals surface area contributed by atoms with E-state index in [-0.39, 0.29) is 6.04 Å². The Kier molecular flexibility index (Phi) is 6.48. The molecule has 1 atom stereocenters. The van der Waals surface area contributed by atoms with Crippen molar-refractivity contribution in [1.82, 2.24) is 4.72 Å². The van der Waals surface area contributed by atoms with Gasteiger partial charge in [0.2, 0.25) is 10.0 Å². The largest absolute Gasteiger partial charge is 0.330 e. The molecule has 0 aliphatic heterocycles. The Hall–Kier alpha value is -0.910. The van der Waals surface area contributed by atoms with Crippen molar-refractivity contribution in [1.29, 1.82) is 0 Å². The Balaban J connectivity index is 2.81. The lowest BCUT2D eigenvalue weighted by Crippen LogP contribution is -2.34. The minimum absolute atomic E-state index is 0.0127. The third-order valence-corrected chi connectivity index (χ3v) is 4.65. The molecule has 1 aromatic rings. The summed E-state index contributed by atoms with van der Waals surface area (Å²) in [4.78, 5) is 0.322. The molecule has 4 nitrogen and oxygen atoms in total. The third kappa shape index (κ3) is 4.93. The molecule has 0 aliphatic rings. The standard InChI is InChI=1S/C14H24N2O2S/c1-3-5-13(4-2)16-19(17,18)14-8-6-12(7-9-14)10-11-15/h6-9,13,16H,3-5,10-11,15H2,1-2H3. The summed E-state index contributed by atoms with van der Waals surface area (Å²) in [6.07, 6.45) is 3.40. The highest BCUT2D eigenvalue weighted by Crippen LogP contribution is 2.13. The second kappa shape index (κ2) is 7.62. The van der Waals surface area contributed by atoms with Crippen LogP contribution in [0.15, 0.2) is 29.2 Å². The van der Waals surface area contributed by atoms with Crippen molar-refractivity contribution in [2.45, 2.75) is 50.5 Å². The van der Waals surface area contributed by atoms with E-state index in [4.69, 9.17) is 5.73 Å². The van der Waals surface area contributed by atoms with E-state index in [1.807, 2.05) is 19.1 Å². The highest BCUT2D eigenvalue weighted by atomic mass is 32.2. The summed E-state index contributed by atoms with van der Waals surface area (Å²) < 4.78 is 27.2. The first kappa shape index (κ1) is 16.1. The Morgan fingerprint density at radius 1 is 1.21 bits per heavy atom. The van der Waals surface area contributed by atoms with E-state index in [0.29, 0.717) is 11.4 Å². The maximum Gasteiger partial charge on any atom is 0.240 e. The molecule has 108 valence electrons. The summed E-state index contributed by atoms with van der Waals surface area (Å²) in [5.74, 6) is 0. The average Bonchev–Trinajstić information content (AvgIpc) is 2.39. The van der Waals surface area contributed by atoms with Crippen molar-refractivity contribution in [3.8, 4) is 0 Å². The van der Waals surface area contributed by atoms with Crippen molar-refractivity contribution in [2.24, 2.45) is 5.73 Å². The number of nitrogens with one attached hydrogen (secondary N) is 1. The molecule has 1 aromatic carbocycles. The van der Waals surface area contributed by atoms with Crippen LogP contribution in [0.25, 0.3) is 0 Å². The number of hydrogen-bond acceptors (Lipinski definition) is 3. The van der Waals surface area contributed by atoms with Gasteiger partial charge in [0.25, 0.3) is 0 Å². The van der Waals surface area contributed by atoms with Gasteiger partial charge in [-0.25, -0.2) is 13.1 Å². The fraction of sp³-hybridized carbons (Fsp3) is 0.571. The Bertz CT molecular complexity index is 469. The number of hydrogen-bond donors (Lipinski definition) is 2. The fourth-order valence-electron chi connectivity index (χ4n) is 1.98. The Morgan fingerprint density at radius 3 is 2.32 bits per heavy atom. The van der Waals surface area contributed by atoms with Crippen LogP contribution in [0, 0.1) is 0 Å². The predicted molar refractivity (Wildman–Crippen MR) is 78.5 cm³/mol. The lowest BCUT2D eigenvalue weighted by atomic mass is 10.1. The van der Waals surface area contributed by atoms with Crippen LogP contribution in [0.2, 0.25) is 0 Å². The zero-order valence-corrected chi connectivity index (χ0v) is 12.5. The van der Waals surface area contributed by atoms with Crippen molar-refractivity contribution < 1.29 is 8.42 Å². The zero-order valence-electron chi connectivity index (χ0n) is 11.7. The Labute approximate surface area is 116 Å². The summed E-state index contributed by atoms with van der Waals surface area (Å²) in [6, 6.07) is 6.95. The van der Waals surface area contributed by atoms with Gasteiger partial charge in [0.15, 0.2) is 0 Å². The van der Waals surface area contributed by atoms with Gasteiger partial charge >= 0.3 is 0 Å². The predicted octanol–water partition coefficient (Wildman–Crippen LogP) is 2.04. The monoisotopic (exact) mass is 284 g/mol. The zero-order chi connectivity index (χ0) is 14.3. The smallest absolute Gasteiger partial charge is 0.240 e. The summed E-state index contributed by atoms with van der Waals surface area (Å²) in [5, 5.41) is 0. The highest BCUT2D eigenvalue weighted by Gasteiger charge is 2.18. The minimum Gasteiger partial charge on any atom is -0.330 e. The van der Waals surface area contributed by atoms with Crippen LogP contribution in [-0.4, -0.2) is 21.0 Å². The van der Waals surface area contributed by atoms with Gasteiger partial charge in [-0.05, 0) is 43.5 Å². The fourth-order valence-corrected chi connectivity index (χ4v) is 3.34. The topological polar surface area (TPSA) is 72.2 Å². The lowest BCUT2D eigenvalue weighted by Gasteiger charge is -2.16. The number of benzene rings is 1. The van der Waals surface area contributed by atoms with Crippen LogP contribution in [0.5, 0.6) is 0 Å². The Morgan fingerprint density at radius 2 is 1.84 bits per heavy atom. The summed E-state index contributed by atoms with van der Waals surface area (Å²) >= 11 is 0. The molecule has 3 N–H and O–H groups in total. The first-order chi connectivity index (χ1) is 9.03. The van der Waals surface area contributed by atoms with Crippen LogP contribution >= 0.6 is 0 Å². The molecule has 5 heteroatoms. The van der Waals surface area contributed by atoms with E-state index in [0.717, 1.165) is 31.2 Å². The molecule has 0 saturated heterocycles. The van der Waals surface area contributed by atoms with Crippen LogP contribution in [0.4, 0.5) is 0 Å². The van der Waals surface area contributed by atoms with Crippen molar-refractivity contribution in [3.05, 3.63) is 29.8 Å². The van der Waals surface area contributed by atoms with E-state index in [1.165, 1.54) is 0 Å². The summed E-state index contributed by atoms with van der Waals surface area (Å²) in [6.45, 7) is 4.62. The molecule has 0 aromatic heterocycles. The van der Waals surface area contributed by atoms with Gasteiger partial charge in [-0.3, -0.25) is 0 Å². The quantitative estimate of drug-likeness (QED) is 0.767. The highest BCUT2D eigenvalue weighted by molar-refractivity contribution is 7.89. The maximum atomic E-state index is 12.2. The molecular weight excluding hydrogens is 260 g/mol. The average molecular weight is 284 g/mol. The minimum atomic E-state index is -3.41. The van der Waals surface area contributed by atoms with Crippen LogP contribution < -0.4 is 10.5 Å². The van der Waals surface area contributed by atoms with Crippen molar-refractivity contribution in [3.63, 3.8) is 0 Å². The summed E-state index contributed by atoms with van der Waals surface area (Å²) in [7, 11) is -3.41. The third-order valence-electron chi connectivity index (χ3n) is 3.12. The molecule has 0 fully saturated rings. The van der Waals surface area contributed by atoms with Crippen LogP contribution in [0.1, 0.15) is 38.7 Å². The van der Waals surface area contributed by atoms with Gasteiger partial charge in [0.05, 0.1) is 4.90 Å². The van der Waals surface area contributed by atoms with E-state index in [2.05, 4.69) is 11.6 Å². The van der Waals surface area contributed by atoms with Crippen molar-refractivity contribution in [2.75, 3.05) is 6.54 Å². The number of sulfonamides is 1. The SMILES string of the molecule is CCCC(CC)NS(=O)(=O)c1ccc(CCN)cc1. The molecule has 0 spiro atoms. The van der Waals surface area contributed by atoms with Crippen LogP contribution in [0.3, 0.4) is 0 Å². The molecule has 19 heavy (non-hydrogen) atoms. The van der Waals surface area contributed by atoms with Gasteiger partial charge in [-0.15, -0.1) is 0 Å². The van der Waals surface area contributed by atoms with E-state index in [9.17, 15) is 8.42 Å². The molecule has 1 unspecified atom stereocenters. The molecule has 0 bridgehead atoms. The summed E-state index contributed by atoms with van der Waals surface area (Å²) in [5.41, 5.74) is 6.53. The number of nitrogens with two attached hydrogens (primary N) is 1. The van der Waals surface area contributed by atoms with Gasteiger partial charge < -0.3 is 5.73 Å². The first-order valence-electron chi connectivity index (χ1n) is 6.84. The van der Waals surface area contributed by atoms with Gasteiger partial charge in [-0.1, -0.05) is 32.4 Å². The molecule has 0 aliphatic carbocycles. The molecular formula is C14H24N2O2S. The van der Waals surface area contributed by atoms with Crippen LogP contribution in [-0.2, 0) is 16.4 Å². The van der Waals surface area contributed by atoms with Gasteiger partial charge in [0.1, 0.15) is 0 Å². The lowest BCUT2D eigenvalue weighted by molar-refractivity contribution is 0.512. The van der Waals surface area contributed by atoms with E-state index < -0.39 is 10.0 Å². The van der Waals surface area contributed by atoms with Gasteiger partial charge in [-0.2, -0.15) is 0 Å². The first-order valence-corrected chi connectivity index (χ1v) is 8.33. The molecule has 0 amide bonds. The normalized spacial score (nSPS) is 13.4. The molecule has 0 radical (unpaired) electrons. The number of rotatable bonds is 8. The molecule has 1 rings (SSSR count). The van der Waals surface area contributed by atoms with Gasteiger partial charge in [0, 0.05) is 6.04 Å². The molecule has 0 heterocycles. The second-order valence-electron chi connectivity index (χ2n) is 4.70. The van der Waals surface area contributed by atoms with E-state index >= 15 is 0 Å². The molecule has 0 saturated carbocycles. The maximum absolute atomic E-state index is 12.2. The van der Waals surface area contributed by atoms with E-state index in [1.54, 1.807) is 12.1 Å². The van der Waals surface area contributed by atoms with Crippen molar-refractivity contribution >= 4 is 10.0 Å².